The minimum Gasteiger partial charge on any atom is -0.492 e. The molecule has 0 radical (unpaired) electrons. The van der Waals surface area contributed by atoms with Gasteiger partial charge >= 0.3 is 5.97 Å². The maximum Gasteiger partial charge on any atom is 0.339 e. The van der Waals surface area contributed by atoms with Crippen LogP contribution < -0.4 is 4.74 Å². The highest BCUT2D eigenvalue weighted by Gasteiger charge is 2.13. The third kappa shape index (κ3) is 2.90. The molecule has 0 bridgehead atoms. The zero-order valence-electron chi connectivity index (χ0n) is 10.1. The summed E-state index contributed by atoms with van der Waals surface area (Å²) in [6.45, 7) is 2.35. The van der Waals surface area contributed by atoms with Gasteiger partial charge in [0.2, 0.25) is 0 Å². The molecule has 1 N–H and O–H groups in total. The van der Waals surface area contributed by atoms with Crippen molar-refractivity contribution < 1.29 is 14.6 Å². The van der Waals surface area contributed by atoms with Crippen LogP contribution in [-0.2, 0) is 6.42 Å². The number of ether oxygens (including phenoxy) is 1. The lowest BCUT2D eigenvalue weighted by molar-refractivity contribution is 0.0692. The molecular weight excluding hydrogens is 248 g/mol. The lowest BCUT2D eigenvalue weighted by Gasteiger charge is -2.11. The number of aryl methyl sites for hydroxylation is 1. The summed E-state index contributed by atoms with van der Waals surface area (Å²) in [5, 5.41) is 11.1. The lowest BCUT2D eigenvalue weighted by Crippen LogP contribution is -2.07. The van der Waals surface area contributed by atoms with Crippen LogP contribution in [0, 0.1) is 6.92 Å². The molecule has 0 aliphatic rings. The van der Waals surface area contributed by atoms with E-state index < -0.39 is 5.97 Å². The summed E-state index contributed by atoms with van der Waals surface area (Å²) in [5.74, 6) is -0.480. The molecule has 1 aromatic carbocycles. The van der Waals surface area contributed by atoms with E-state index in [9.17, 15) is 4.79 Å². The van der Waals surface area contributed by atoms with Crippen molar-refractivity contribution in [2.75, 3.05) is 6.61 Å². The second kappa shape index (κ2) is 5.69. The number of thiophene rings is 1. The van der Waals surface area contributed by atoms with Gasteiger partial charge in [-0.3, -0.25) is 0 Å². The standard InChI is InChI=1S/C14H14O3S/c1-10-4-2-6-12(14(15)16)13(10)17-8-7-11-5-3-9-18-11/h2-6,9H,7-8H2,1H3,(H,15,16). The fraction of sp³-hybridized carbons (Fsp3) is 0.214. The molecule has 0 amide bonds. The summed E-state index contributed by atoms with van der Waals surface area (Å²) in [5.41, 5.74) is 1.07. The average Bonchev–Trinajstić information content (AvgIpc) is 2.84. The Labute approximate surface area is 110 Å². The molecule has 1 heterocycles. The number of hydrogen-bond donors (Lipinski definition) is 1. The van der Waals surface area contributed by atoms with E-state index in [0.717, 1.165) is 12.0 Å². The van der Waals surface area contributed by atoms with Gasteiger partial charge in [-0.05, 0) is 30.0 Å². The number of carbonyl (C=O) groups is 1. The fourth-order valence-electron chi connectivity index (χ4n) is 1.72. The molecule has 0 spiro atoms. The van der Waals surface area contributed by atoms with Crippen LogP contribution in [0.4, 0.5) is 0 Å². The summed E-state index contributed by atoms with van der Waals surface area (Å²) >= 11 is 1.68. The fourth-order valence-corrected chi connectivity index (χ4v) is 2.41. The SMILES string of the molecule is Cc1cccc(C(=O)O)c1OCCc1cccs1. The zero-order valence-corrected chi connectivity index (χ0v) is 10.9. The van der Waals surface area contributed by atoms with Crippen molar-refractivity contribution in [1.82, 2.24) is 0 Å². The summed E-state index contributed by atoms with van der Waals surface area (Å²) in [6, 6.07) is 9.19. The lowest BCUT2D eigenvalue weighted by atomic mass is 10.1. The Morgan fingerprint density at radius 2 is 2.17 bits per heavy atom. The highest BCUT2D eigenvalue weighted by molar-refractivity contribution is 7.09. The highest BCUT2D eigenvalue weighted by atomic mass is 32.1. The number of aromatic carboxylic acids is 1. The Hall–Kier alpha value is -1.81. The van der Waals surface area contributed by atoms with Gasteiger partial charge in [0.25, 0.3) is 0 Å². The first kappa shape index (κ1) is 12.6. The molecule has 4 heteroatoms. The summed E-state index contributed by atoms with van der Waals surface area (Å²) < 4.78 is 5.63. The molecule has 2 aromatic rings. The van der Waals surface area contributed by atoms with Crippen LogP contribution in [0.1, 0.15) is 20.8 Å². The third-order valence-electron chi connectivity index (χ3n) is 2.62. The Kier molecular flexibility index (Phi) is 3.99. The summed E-state index contributed by atoms with van der Waals surface area (Å²) in [7, 11) is 0. The highest BCUT2D eigenvalue weighted by Crippen LogP contribution is 2.23. The Morgan fingerprint density at radius 1 is 1.33 bits per heavy atom. The quantitative estimate of drug-likeness (QED) is 0.898. The van der Waals surface area contributed by atoms with E-state index in [2.05, 4.69) is 0 Å². The molecule has 0 saturated carbocycles. The van der Waals surface area contributed by atoms with E-state index in [4.69, 9.17) is 9.84 Å². The van der Waals surface area contributed by atoms with Crippen molar-refractivity contribution >= 4 is 17.3 Å². The second-order valence-electron chi connectivity index (χ2n) is 3.93. The molecule has 0 fully saturated rings. The van der Waals surface area contributed by atoms with Crippen LogP contribution in [0.3, 0.4) is 0 Å². The Morgan fingerprint density at radius 3 is 2.83 bits per heavy atom. The third-order valence-corrected chi connectivity index (χ3v) is 3.55. The van der Waals surface area contributed by atoms with Gasteiger partial charge in [0.05, 0.1) is 6.61 Å². The van der Waals surface area contributed by atoms with Crippen LogP contribution in [0.2, 0.25) is 0 Å². The molecule has 0 aliphatic carbocycles. The zero-order chi connectivity index (χ0) is 13.0. The number of para-hydroxylation sites is 1. The average molecular weight is 262 g/mol. The molecule has 2 rings (SSSR count). The van der Waals surface area contributed by atoms with E-state index in [1.807, 2.05) is 30.5 Å². The number of carboxylic acids is 1. The molecule has 0 saturated heterocycles. The van der Waals surface area contributed by atoms with Crippen molar-refractivity contribution in [1.29, 1.82) is 0 Å². The van der Waals surface area contributed by atoms with Crippen LogP contribution in [0.15, 0.2) is 35.7 Å². The Bertz CT molecular complexity index is 532. The summed E-state index contributed by atoms with van der Waals surface area (Å²) in [4.78, 5) is 12.3. The van der Waals surface area contributed by atoms with Gasteiger partial charge in [-0.15, -0.1) is 11.3 Å². The van der Waals surface area contributed by atoms with Gasteiger partial charge < -0.3 is 9.84 Å². The van der Waals surface area contributed by atoms with Gasteiger partial charge in [-0.2, -0.15) is 0 Å². The first-order valence-electron chi connectivity index (χ1n) is 5.66. The topological polar surface area (TPSA) is 46.5 Å². The van der Waals surface area contributed by atoms with Gasteiger partial charge in [0.15, 0.2) is 0 Å². The molecular formula is C14H14O3S. The van der Waals surface area contributed by atoms with Crippen molar-refractivity contribution in [3.8, 4) is 5.75 Å². The van der Waals surface area contributed by atoms with E-state index in [1.54, 1.807) is 23.5 Å². The van der Waals surface area contributed by atoms with Crippen LogP contribution in [0.25, 0.3) is 0 Å². The number of hydrogen-bond acceptors (Lipinski definition) is 3. The molecule has 0 atom stereocenters. The van der Waals surface area contributed by atoms with Crippen molar-refractivity contribution in [3.63, 3.8) is 0 Å². The van der Waals surface area contributed by atoms with Gasteiger partial charge in [-0.1, -0.05) is 18.2 Å². The van der Waals surface area contributed by atoms with Gasteiger partial charge in [0.1, 0.15) is 11.3 Å². The number of benzene rings is 1. The minimum absolute atomic E-state index is 0.223. The van der Waals surface area contributed by atoms with Crippen LogP contribution in [-0.4, -0.2) is 17.7 Å². The number of rotatable bonds is 5. The largest absolute Gasteiger partial charge is 0.492 e. The predicted molar refractivity (Wildman–Crippen MR) is 71.7 cm³/mol. The first-order valence-corrected chi connectivity index (χ1v) is 6.54. The molecule has 1 aromatic heterocycles. The van der Waals surface area contributed by atoms with E-state index in [0.29, 0.717) is 12.4 Å². The maximum atomic E-state index is 11.1. The van der Waals surface area contributed by atoms with Gasteiger partial charge in [-0.25, -0.2) is 4.79 Å². The normalized spacial score (nSPS) is 10.3. The van der Waals surface area contributed by atoms with E-state index in [-0.39, 0.29) is 5.56 Å². The molecule has 3 nitrogen and oxygen atoms in total. The maximum absolute atomic E-state index is 11.1. The first-order chi connectivity index (χ1) is 8.68. The summed E-state index contributed by atoms with van der Waals surface area (Å²) in [6.07, 6.45) is 0.797. The van der Waals surface area contributed by atoms with E-state index >= 15 is 0 Å². The van der Waals surface area contributed by atoms with Crippen LogP contribution in [0.5, 0.6) is 5.75 Å². The molecule has 18 heavy (non-hydrogen) atoms. The van der Waals surface area contributed by atoms with Crippen molar-refractivity contribution in [2.45, 2.75) is 13.3 Å². The van der Waals surface area contributed by atoms with E-state index in [1.165, 1.54) is 4.88 Å². The number of carboxylic acid groups (broad SMARTS) is 1. The molecule has 94 valence electrons. The minimum atomic E-state index is -0.954. The van der Waals surface area contributed by atoms with Crippen molar-refractivity contribution in [3.05, 3.63) is 51.7 Å². The molecule has 0 aliphatic heterocycles. The smallest absolute Gasteiger partial charge is 0.339 e. The molecule has 0 unspecified atom stereocenters. The second-order valence-corrected chi connectivity index (χ2v) is 4.97. The monoisotopic (exact) mass is 262 g/mol. The van der Waals surface area contributed by atoms with Crippen molar-refractivity contribution in [2.24, 2.45) is 0 Å². The predicted octanol–water partition coefficient (Wildman–Crippen LogP) is 3.38. The Balaban J connectivity index is 2.06. The van der Waals surface area contributed by atoms with Crippen LogP contribution >= 0.6 is 11.3 Å². The van der Waals surface area contributed by atoms with Gasteiger partial charge in [0, 0.05) is 11.3 Å².